The molecule has 5 heteroatoms. The van der Waals surface area contributed by atoms with E-state index in [0.717, 1.165) is 66.5 Å². The minimum Gasteiger partial charge on any atom is -0.309 e. The summed E-state index contributed by atoms with van der Waals surface area (Å²) in [4.78, 5) is 3.66. The van der Waals surface area contributed by atoms with Crippen LogP contribution in [0.5, 0.6) is 0 Å². The molecule has 230 valence electrons. The standard InChI is InChI=1S/C45H25N5/c1-48-31-20-24-45-39(26-31)38-25-29(27-46)17-23-44(38)50(45)43-16-7-2-9-35(43)34-13-8-12-33(40(34)28-47)30-18-21-32(22-19-30)49-41-14-5-3-10-36(41)37-11-4-6-15-42(37)49/h2-26H. The minimum absolute atomic E-state index is 0.538. The van der Waals surface area contributed by atoms with Crippen LogP contribution in [0.25, 0.3) is 82.1 Å². The molecule has 50 heavy (non-hydrogen) atoms. The molecule has 0 atom stereocenters. The highest BCUT2D eigenvalue weighted by molar-refractivity contribution is 6.11. The summed E-state index contributed by atoms with van der Waals surface area (Å²) in [7, 11) is 0. The van der Waals surface area contributed by atoms with Crippen molar-refractivity contribution in [1.29, 1.82) is 10.5 Å². The molecule has 2 aromatic heterocycles. The van der Waals surface area contributed by atoms with Gasteiger partial charge in [-0.3, -0.25) is 0 Å². The van der Waals surface area contributed by atoms with Gasteiger partial charge in [0.25, 0.3) is 0 Å². The van der Waals surface area contributed by atoms with Crippen molar-refractivity contribution in [3.8, 4) is 45.8 Å². The Morgan fingerprint density at radius 1 is 0.480 bits per heavy atom. The van der Waals surface area contributed by atoms with Crippen LogP contribution in [0, 0.1) is 29.2 Å². The summed E-state index contributed by atoms with van der Waals surface area (Å²) in [6, 6.07) is 55.6. The molecule has 0 aliphatic rings. The van der Waals surface area contributed by atoms with Crippen molar-refractivity contribution in [2.75, 3.05) is 0 Å². The van der Waals surface area contributed by atoms with Gasteiger partial charge in [0.15, 0.2) is 5.69 Å². The highest BCUT2D eigenvalue weighted by Gasteiger charge is 2.20. The van der Waals surface area contributed by atoms with Gasteiger partial charge in [-0.1, -0.05) is 91.0 Å². The Kier molecular flexibility index (Phi) is 6.56. The molecule has 5 nitrogen and oxygen atoms in total. The zero-order chi connectivity index (χ0) is 33.8. The summed E-state index contributed by atoms with van der Waals surface area (Å²) in [5.41, 5.74) is 11.3. The van der Waals surface area contributed by atoms with Gasteiger partial charge in [-0.15, -0.1) is 0 Å². The van der Waals surface area contributed by atoms with Crippen LogP contribution < -0.4 is 0 Å². The topological polar surface area (TPSA) is 61.8 Å². The second kappa shape index (κ2) is 11.4. The molecule has 7 aromatic carbocycles. The van der Waals surface area contributed by atoms with Gasteiger partial charge >= 0.3 is 0 Å². The Balaban J connectivity index is 1.20. The molecule has 9 rings (SSSR count). The van der Waals surface area contributed by atoms with Crippen molar-refractivity contribution in [2.45, 2.75) is 0 Å². The lowest BCUT2D eigenvalue weighted by Crippen LogP contribution is -1.99. The first-order valence-corrected chi connectivity index (χ1v) is 16.3. The average molecular weight is 636 g/mol. The van der Waals surface area contributed by atoms with E-state index in [0.29, 0.717) is 16.8 Å². The van der Waals surface area contributed by atoms with E-state index in [4.69, 9.17) is 6.57 Å². The molecule has 0 aliphatic heterocycles. The molecule has 0 unspecified atom stereocenters. The number of benzene rings is 7. The predicted molar refractivity (Wildman–Crippen MR) is 202 cm³/mol. The van der Waals surface area contributed by atoms with Gasteiger partial charge in [-0.2, -0.15) is 10.5 Å². The smallest absolute Gasteiger partial charge is 0.188 e. The second-order valence-electron chi connectivity index (χ2n) is 12.3. The highest BCUT2D eigenvalue weighted by atomic mass is 15.0. The van der Waals surface area contributed by atoms with E-state index >= 15 is 0 Å². The first kappa shape index (κ1) is 28.8. The van der Waals surface area contributed by atoms with Gasteiger partial charge in [-0.25, -0.2) is 4.85 Å². The zero-order valence-electron chi connectivity index (χ0n) is 26.7. The summed E-state index contributed by atoms with van der Waals surface area (Å²) in [5, 5.41) is 24.6. The number of nitriles is 2. The number of nitrogens with zero attached hydrogens (tertiary/aromatic N) is 5. The third-order valence-corrected chi connectivity index (χ3v) is 9.63. The van der Waals surface area contributed by atoms with Gasteiger partial charge < -0.3 is 9.13 Å². The van der Waals surface area contributed by atoms with E-state index in [2.05, 4.69) is 111 Å². The third kappa shape index (κ3) is 4.31. The van der Waals surface area contributed by atoms with Crippen molar-refractivity contribution in [1.82, 2.24) is 9.13 Å². The van der Waals surface area contributed by atoms with E-state index in [1.165, 1.54) is 10.8 Å². The van der Waals surface area contributed by atoms with Crippen molar-refractivity contribution >= 4 is 49.3 Å². The molecule has 0 fully saturated rings. The maximum absolute atomic E-state index is 10.7. The molecule has 0 spiro atoms. The number of rotatable bonds is 4. The lowest BCUT2D eigenvalue weighted by atomic mass is 9.91. The minimum atomic E-state index is 0.538. The fourth-order valence-electron chi connectivity index (χ4n) is 7.43. The van der Waals surface area contributed by atoms with Gasteiger partial charge in [-0.05, 0) is 71.6 Å². The largest absolute Gasteiger partial charge is 0.309 e. The molecule has 2 heterocycles. The lowest BCUT2D eigenvalue weighted by Gasteiger charge is -2.17. The fraction of sp³-hybridized carbons (Fsp3) is 0. The van der Waals surface area contributed by atoms with Gasteiger partial charge in [0.05, 0.1) is 51.5 Å². The molecule has 0 N–H and O–H groups in total. The molecule has 0 bridgehead atoms. The number of fused-ring (bicyclic) bond motifs is 6. The zero-order valence-corrected chi connectivity index (χ0v) is 26.7. The molecule has 0 saturated carbocycles. The predicted octanol–water partition coefficient (Wildman–Crippen LogP) is 11.5. The van der Waals surface area contributed by atoms with Crippen molar-refractivity contribution < 1.29 is 0 Å². The van der Waals surface area contributed by atoms with E-state index in [-0.39, 0.29) is 0 Å². The fourth-order valence-corrected chi connectivity index (χ4v) is 7.43. The van der Waals surface area contributed by atoms with Crippen LogP contribution in [0.4, 0.5) is 5.69 Å². The van der Waals surface area contributed by atoms with Crippen molar-refractivity contribution in [3.05, 3.63) is 174 Å². The van der Waals surface area contributed by atoms with Gasteiger partial charge in [0, 0.05) is 38.5 Å². The Hall–Kier alpha value is -7.39. The average Bonchev–Trinajstić information content (AvgIpc) is 3.69. The third-order valence-electron chi connectivity index (χ3n) is 9.63. The number of aromatic nitrogens is 2. The Morgan fingerprint density at radius 2 is 1.08 bits per heavy atom. The first-order valence-electron chi connectivity index (χ1n) is 16.3. The van der Waals surface area contributed by atoms with Gasteiger partial charge in [0.1, 0.15) is 6.07 Å². The Labute approximate surface area is 288 Å². The van der Waals surface area contributed by atoms with Crippen LogP contribution in [-0.4, -0.2) is 9.13 Å². The van der Waals surface area contributed by atoms with Crippen LogP contribution in [0.15, 0.2) is 152 Å². The number of hydrogen-bond acceptors (Lipinski definition) is 2. The quantitative estimate of drug-likeness (QED) is 0.181. The summed E-state index contributed by atoms with van der Waals surface area (Å²) in [6.07, 6.45) is 0. The van der Waals surface area contributed by atoms with E-state index in [9.17, 15) is 10.5 Å². The van der Waals surface area contributed by atoms with Crippen LogP contribution in [0.2, 0.25) is 0 Å². The van der Waals surface area contributed by atoms with Gasteiger partial charge in [0.2, 0.25) is 0 Å². The van der Waals surface area contributed by atoms with Crippen LogP contribution in [0.3, 0.4) is 0 Å². The van der Waals surface area contributed by atoms with Crippen LogP contribution in [-0.2, 0) is 0 Å². The maximum Gasteiger partial charge on any atom is 0.188 e. The van der Waals surface area contributed by atoms with Crippen molar-refractivity contribution in [3.63, 3.8) is 0 Å². The lowest BCUT2D eigenvalue weighted by molar-refractivity contribution is 1.18. The summed E-state index contributed by atoms with van der Waals surface area (Å²) in [6.45, 7) is 7.60. The molecule has 0 aliphatic carbocycles. The summed E-state index contributed by atoms with van der Waals surface area (Å²) < 4.78 is 4.46. The number of para-hydroxylation sites is 3. The van der Waals surface area contributed by atoms with E-state index in [1.807, 2.05) is 66.7 Å². The van der Waals surface area contributed by atoms with Crippen LogP contribution >= 0.6 is 0 Å². The summed E-state index contributed by atoms with van der Waals surface area (Å²) in [5.74, 6) is 0. The normalized spacial score (nSPS) is 11.1. The second-order valence-corrected chi connectivity index (χ2v) is 12.3. The summed E-state index contributed by atoms with van der Waals surface area (Å²) >= 11 is 0. The SMILES string of the molecule is [C-]#[N+]c1ccc2c(c1)c1cc(C#N)ccc1n2-c1ccccc1-c1cccc(-c2ccc(-n3c4ccccc4c4ccccc43)cc2)c1C#N. The molecular formula is C45H25N5. The molecule has 0 radical (unpaired) electrons. The highest BCUT2D eigenvalue weighted by Crippen LogP contribution is 2.40. The van der Waals surface area contributed by atoms with Crippen molar-refractivity contribution in [2.24, 2.45) is 0 Å². The van der Waals surface area contributed by atoms with E-state index in [1.54, 1.807) is 0 Å². The Bertz CT molecular complexity index is 2830. The molecule has 0 saturated heterocycles. The molecule has 0 amide bonds. The Morgan fingerprint density at radius 3 is 1.78 bits per heavy atom. The monoisotopic (exact) mass is 635 g/mol. The first-order chi connectivity index (χ1) is 24.7. The maximum atomic E-state index is 10.7. The van der Waals surface area contributed by atoms with Crippen LogP contribution in [0.1, 0.15) is 11.1 Å². The van der Waals surface area contributed by atoms with E-state index < -0.39 is 0 Å². The number of hydrogen-bond donors (Lipinski definition) is 0. The molecule has 9 aromatic rings. The molecular weight excluding hydrogens is 611 g/mol.